The molecule has 1 amide bonds. The van der Waals surface area contributed by atoms with Gasteiger partial charge in [0.2, 0.25) is 5.91 Å². The number of benzene rings is 1. The highest BCUT2D eigenvalue weighted by Gasteiger charge is 2.26. The molecule has 1 aliphatic heterocycles. The first-order valence-corrected chi connectivity index (χ1v) is 7.26. The molecule has 0 atom stereocenters. The van der Waals surface area contributed by atoms with Gasteiger partial charge in [0.15, 0.2) is 0 Å². The van der Waals surface area contributed by atoms with Crippen LogP contribution >= 0.6 is 0 Å². The SMILES string of the molecule is Cc1cc2c(cc1NS(=O)(=O)N(C)C)CC(=O)N2C. The Kier molecular flexibility index (Phi) is 3.27. The van der Waals surface area contributed by atoms with Crippen LogP contribution in [0.5, 0.6) is 0 Å². The highest BCUT2D eigenvalue weighted by Crippen LogP contribution is 2.33. The number of hydrogen-bond acceptors (Lipinski definition) is 3. The fourth-order valence-electron chi connectivity index (χ4n) is 1.95. The Morgan fingerprint density at radius 2 is 1.95 bits per heavy atom. The highest BCUT2D eigenvalue weighted by atomic mass is 32.2. The lowest BCUT2D eigenvalue weighted by Gasteiger charge is -2.17. The van der Waals surface area contributed by atoms with Crippen molar-refractivity contribution in [2.75, 3.05) is 30.8 Å². The molecule has 1 aromatic rings. The Balaban J connectivity index is 2.41. The smallest absolute Gasteiger partial charge is 0.301 e. The average molecular weight is 283 g/mol. The molecule has 0 saturated heterocycles. The van der Waals surface area contributed by atoms with Crippen molar-refractivity contribution in [3.8, 4) is 0 Å². The monoisotopic (exact) mass is 283 g/mol. The number of nitrogens with zero attached hydrogens (tertiary/aromatic N) is 2. The minimum atomic E-state index is -3.53. The third-order valence-corrected chi connectivity index (χ3v) is 4.66. The molecular formula is C12H17N3O3S. The lowest BCUT2D eigenvalue weighted by Crippen LogP contribution is -2.29. The van der Waals surface area contributed by atoms with Gasteiger partial charge in [-0.15, -0.1) is 0 Å². The van der Waals surface area contributed by atoms with E-state index in [1.54, 1.807) is 18.0 Å². The zero-order chi connectivity index (χ0) is 14.4. The molecule has 1 heterocycles. The number of carbonyl (C=O) groups is 1. The van der Waals surface area contributed by atoms with Crippen LogP contribution in [0.15, 0.2) is 12.1 Å². The van der Waals surface area contributed by atoms with Crippen LogP contribution < -0.4 is 9.62 Å². The number of hydrogen-bond donors (Lipinski definition) is 1. The van der Waals surface area contributed by atoms with Crippen molar-refractivity contribution in [2.24, 2.45) is 0 Å². The molecule has 0 aliphatic carbocycles. The summed E-state index contributed by atoms with van der Waals surface area (Å²) in [6, 6.07) is 3.56. The Labute approximate surface area is 113 Å². The van der Waals surface area contributed by atoms with Gasteiger partial charge in [-0.3, -0.25) is 9.52 Å². The summed E-state index contributed by atoms with van der Waals surface area (Å²) in [6.45, 7) is 1.81. The number of likely N-dealkylation sites (N-methyl/N-ethyl adjacent to an activating group) is 1. The lowest BCUT2D eigenvalue weighted by atomic mass is 10.1. The van der Waals surface area contributed by atoms with E-state index in [9.17, 15) is 13.2 Å². The number of amides is 1. The average Bonchev–Trinajstić information content (AvgIpc) is 2.56. The molecule has 2 rings (SSSR count). The summed E-state index contributed by atoms with van der Waals surface area (Å²) in [5.41, 5.74) is 2.98. The number of aryl methyl sites for hydroxylation is 1. The van der Waals surface area contributed by atoms with Crippen molar-refractivity contribution >= 4 is 27.5 Å². The second-order valence-corrected chi connectivity index (χ2v) is 6.70. The van der Waals surface area contributed by atoms with Gasteiger partial charge in [0, 0.05) is 26.8 Å². The molecule has 7 heteroatoms. The minimum Gasteiger partial charge on any atom is -0.315 e. The van der Waals surface area contributed by atoms with Gasteiger partial charge in [0.25, 0.3) is 0 Å². The lowest BCUT2D eigenvalue weighted by molar-refractivity contribution is -0.117. The number of rotatable bonds is 3. The Morgan fingerprint density at radius 3 is 2.53 bits per heavy atom. The minimum absolute atomic E-state index is 0.0158. The summed E-state index contributed by atoms with van der Waals surface area (Å²) in [7, 11) is 1.11. The first-order valence-electron chi connectivity index (χ1n) is 5.82. The molecule has 0 spiro atoms. The third-order valence-electron chi connectivity index (χ3n) is 3.22. The zero-order valence-corrected chi connectivity index (χ0v) is 12.2. The van der Waals surface area contributed by atoms with E-state index in [1.807, 2.05) is 13.0 Å². The van der Waals surface area contributed by atoms with Crippen LogP contribution in [0, 0.1) is 6.92 Å². The van der Waals surface area contributed by atoms with Gasteiger partial charge in [0.05, 0.1) is 12.1 Å². The molecule has 0 unspecified atom stereocenters. The molecule has 0 bridgehead atoms. The van der Waals surface area contributed by atoms with E-state index in [-0.39, 0.29) is 5.91 Å². The topological polar surface area (TPSA) is 69.7 Å². The molecule has 1 aromatic carbocycles. The molecule has 1 aliphatic rings. The summed E-state index contributed by atoms with van der Waals surface area (Å²) >= 11 is 0. The highest BCUT2D eigenvalue weighted by molar-refractivity contribution is 7.90. The van der Waals surface area contributed by atoms with Gasteiger partial charge in [-0.1, -0.05) is 0 Å². The van der Waals surface area contributed by atoms with Crippen molar-refractivity contribution < 1.29 is 13.2 Å². The maximum Gasteiger partial charge on any atom is 0.301 e. The Hall–Kier alpha value is -1.60. The van der Waals surface area contributed by atoms with E-state index in [4.69, 9.17) is 0 Å². The number of carbonyl (C=O) groups excluding carboxylic acids is 1. The molecule has 0 aromatic heterocycles. The number of fused-ring (bicyclic) bond motifs is 1. The summed E-state index contributed by atoms with van der Waals surface area (Å²) in [5.74, 6) is 0.0158. The largest absolute Gasteiger partial charge is 0.315 e. The summed E-state index contributed by atoms with van der Waals surface area (Å²) in [5, 5.41) is 0. The zero-order valence-electron chi connectivity index (χ0n) is 11.4. The Bertz CT molecular complexity index is 638. The molecule has 1 N–H and O–H groups in total. The first kappa shape index (κ1) is 13.8. The van der Waals surface area contributed by atoms with Crippen LogP contribution in [-0.2, 0) is 21.4 Å². The van der Waals surface area contributed by atoms with E-state index in [1.165, 1.54) is 14.1 Å². The van der Waals surface area contributed by atoms with Crippen LogP contribution in [0.25, 0.3) is 0 Å². The van der Waals surface area contributed by atoms with Gasteiger partial charge in [-0.25, -0.2) is 0 Å². The van der Waals surface area contributed by atoms with Crippen molar-refractivity contribution in [1.29, 1.82) is 0 Å². The molecule has 19 heavy (non-hydrogen) atoms. The Morgan fingerprint density at radius 1 is 1.32 bits per heavy atom. The van der Waals surface area contributed by atoms with Gasteiger partial charge in [-0.2, -0.15) is 12.7 Å². The van der Waals surface area contributed by atoms with Gasteiger partial charge in [0.1, 0.15) is 0 Å². The predicted molar refractivity (Wildman–Crippen MR) is 74.5 cm³/mol. The first-order chi connectivity index (χ1) is 8.72. The number of anilines is 2. The van der Waals surface area contributed by atoms with Crippen molar-refractivity contribution in [2.45, 2.75) is 13.3 Å². The second-order valence-electron chi connectivity index (χ2n) is 4.81. The van der Waals surface area contributed by atoms with Crippen LogP contribution in [0.2, 0.25) is 0 Å². The third kappa shape index (κ3) is 2.43. The van der Waals surface area contributed by atoms with Gasteiger partial charge in [-0.05, 0) is 30.2 Å². The molecule has 104 valence electrons. The van der Waals surface area contributed by atoms with E-state index in [0.29, 0.717) is 12.1 Å². The van der Waals surface area contributed by atoms with Crippen LogP contribution in [0.3, 0.4) is 0 Å². The molecule has 6 nitrogen and oxygen atoms in total. The van der Waals surface area contributed by atoms with Crippen LogP contribution in [0.4, 0.5) is 11.4 Å². The second kappa shape index (κ2) is 4.50. The number of nitrogens with one attached hydrogen (secondary N) is 1. The predicted octanol–water partition coefficient (Wildman–Crippen LogP) is 0.732. The van der Waals surface area contributed by atoms with Gasteiger partial charge >= 0.3 is 10.2 Å². The van der Waals surface area contributed by atoms with E-state index < -0.39 is 10.2 Å². The fourth-order valence-corrected chi connectivity index (χ4v) is 2.63. The normalized spacial score (nSPS) is 15.0. The molecular weight excluding hydrogens is 266 g/mol. The maximum atomic E-state index is 11.8. The van der Waals surface area contributed by atoms with Crippen molar-refractivity contribution in [3.05, 3.63) is 23.3 Å². The quantitative estimate of drug-likeness (QED) is 0.889. The maximum absolute atomic E-state index is 11.8. The molecule has 0 radical (unpaired) electrons. The standard InChI is InChI=1S/C12H17N3O3S/c1-8-5-11-9(7-12(16)15(11)4)6-10(8)13-19(17,18)14(2)3/h5-6,13H,7H2,1-4H3. The summed E-state index contributed by atoms with van der Waals surface area (Å²) in [6.07, 6.45) is 0.308. The van der Waals surface area contributed by atoms with Crippen LogP contribution in [0.1, 0.15) is 11.1 Å². The molecule has 0 saturated carbocycles. The van der Waals surface area contributed by atoms with Crippen molar-refractivity contribution in [3.63, 3.8) is 0 Å². The van der Waals surface area contributed by atoms with E-state index >= 15 is 0 Å². The van der Waals surface area contributed by atoms with Crippen molar-refractivity contribution in [1.82, 2.24) is 4.31 Å². The van der Waals surface area contributed by atoms with E-state index in [0.717, 1.165) is 21.1 Å². The molecule has 0 fully saturated rings. The fraction of sp³-hybridized carbons (Fsp3) is 0.417. The summed E-state index contributed by atoms with van der Waals surface area (Å²) < 4.78 is 27.3. The summed E-state index contributed by atoms with van der Waals surface area (Å²) in [4.78, 5) is 13.2. The van der Waals surface area contributed by atoms with Gasteiger partial charge < -0.3 is 4.90 Å². The van der Waals surface area contributed by atoms with Crippen LogP contribution in [-0.4, -0.2) is 39.8 Å². The van der Waals surface area contributed by atoms with E-state index in [2.05, 4.69) is 4.72 Å².